The zero-order valence-corrected chi connectivity index (χ0v) is 20.1. The molecule has 0 aliphatic rings. The molecule has 1 unspecified atom stereocenters. The van der Waals surface area contributed by atoms with Crippen LogP contribution in [0.4, 0.5) is 5.00 Å². The molecule has 0 bridgehead atoms. The molecule has 2 aromatic carbocycles. The van der Waals surface area contributed by atoms with Gasteiger partial charge in [-0.05, 0) is 62.3 Å². The second-order valence-corrected chi connectivity index (χ2v) is 8.71. The smallest absolute Gasteiger partial charge is 0.341 e. The predicted molar refractivity (Wildman–Crippen MR) is 135 cm³/mol. The Balaban J connectivity index is 1.71. The van der Waals surface area contributed by atoms with Gasteiger partial charge in [-0.25, -0.2) is 4.79 Å². The highest BCUT2D eigenvalue weighted by Crippen LogP contribution is 2.31. The number of carbonyl (C=O) groups is 1. The second kappa shape index (κ2) is 11.6. The van der Waals surface area contributed by atoms with E-state index >= 15 is 0 Å². The molecular weight excluding hydrogens is 440 g/mol. The van der Waals surface area contributed by atoms with E-state index in [0.29, 0.717) is 28.9 Å². The molecule has 0 fully saturated rings. The van der Waals surface area contributed by atoms with Gasteiger partial charge in [0.05, 0.1) is 24.8 Å². The van der Waals surface area contributed by atoms with Crippen molar-refractivity contribution in [1.82, 2.24) is 5.32 Å². The average molecular weight is 469 g/mol. The van der Waals surface area contributed by atoms with Gasteiger partial charge in [-0.15, -0.1) is 11.3 Å². The van der Waals surface area contributed by atoms with Crippen LogP contribution in [0.5, 0.6) is 5.75 Å². The standard InChI is InChI=1S/C25H28N2O3S2/c1-4-29-20-13-11-19(12-14-20)17(3)26-25(31)27-23-22(24(28)30-5-2)16-21(32-23)15-18-9-7-6-8-10-18/h6-14,16-17H,4-5,15H2,1-3H3,(H2,26,27,31). The summed E-state index contributed by atoms with van der Waals surface area (Å²) in [5.41, 5.74) is 2.76. The molecule has 32 heavy (non-hydrogen) atoms. The molecule has 0 amide bonds. The van der Waals surface area contributed by atoms with Crippen molar-refractivity contribution in [2.75, 3.05) is 18.5 Å². The number of rotatable bonds is 9. The van der Waals surface area contributed by atoms with Crippen molar-refractivity contribution in [2.24, 2.45) is 0 Å². The SMILES string of the molecule is CCOC(=O)c1cc(Cc2ccccc2)sc1NC(=S)NC(C)c1ccc(OCC)cc1. The van der Waals surface area contributed by atoms with Gasteiger partial charge in [0.25, 0.3) is 0 Å². The Morgan fingerprint density at radius 2 is 1.78 bits per heavy atom. The fourth-order valence-electron chi connectivity index (χ4n) is 3.22. The number of thiophene rings is 1. The van der Waals surface area contributed by atoms with Crippen LogP contribution in [0.3, 0.4) is 0 Å². The molecule has 0 radical (unpaired) electrons. The Morgan fingerprint density at radius 3 is 2.44 bits per heavy atom. The summed E-state index contributed by atoms with van der Waals surface area (Å²) < 4.78 is 10.7. The number of carbonyl (C=O) groups excluding carboxylic acids is 1. The number of anilines is 1. The van der Waals surface area contributed by atoms with Crippen LogP contribution in [0.2, 0.25) is 0 Å². The van der Waals surface area contributed by atoms with E-state index in [-0.39, 0.29) is 12.0 Å². The summed E-state index contributed by atoms with van der Waals surface area (Å²) >= 11 is 7.05. The molecule has 168 valence electrons. The Hall–Kier alpha value is -2.90. The van der Waals surface area contributed by atoms with E-state index in [0.717, 1.165) is 22.6 Å². The molecule has 3 rings (SSSR count). The molecule has 0 saturated heterocycles. The monoisotopic (exact) mass is 468 g/mol. The van der Waals surface area contributed by atoms with Crippen LogP contribution in [0.1, 0.15) is 53.2 Å². The maximum absolute atomic E-state index is 12.5. The molecule has 3 aromatic rings. The largest absolute Gasteiger partial charge is 0.494 e. The molecular formula is C25H28N2O3S2. The van der Waals surface area contributed by atoms with Crippen LogP contribution in [0.15, 0.2) is 60.7 Å². The summed E-state index contributed by atoms with van der Waals surface area (Å²) in [7, 11) is 0. The average Bonchev–Trinajstić information content (AvgIpc) is 3.17. The van der Waals surface area contributed by atoms with E-state index in [9.17, 15) is 4.79 Å². The summed E-state index contributed by atoms with van der Waals surface area (Å²) in [6.07, 6.45) is 0.738. The minimum absolute atomic E-state index is 0.0135. The van der Waals surface area contributed by atoms with Crippen LogP contribution in [0.25, 0.3) is 0 Å². The van der Waals surface area contributed by atoms with E-state index in [4.69, 9.17) is 21.7 Å². The predicted octanol–water partition coefficient (Wildman–Crippen LogP) is 5.96. The molecule has 7 heteroatoms. The van der Waals surface area contributed by atoms with Gasteiger partial charge >= 0.3 is 5.97 Å². The first-order chi connectivity index (χ1) is 15.5. The number of nitrogens with one attached hydrogen (secondary N) is 2. The van der Waals surface area contributed by atoms with Crippen molar-refractivity contribution in [2.45, 2.75) is 33.2 Å². The van der Waals surface area contributed by atoms with Gasteiger partial charge in [-0.2, -0.15) is 0 Å². The lowest BCUT2D eigenvalue weighted by Gasteiger charge is -2.17. The fourth-order valence-corrected chi connectivity index (χ4v) is 4.64. The Labute approximate surface area is 198 Å². The van der Waals surface area contributed by atoms with Crippen molar-refractivity contribution in [3.05, 3.63) is 82.2 Å². The van der Waals surface area contributed by atoms with Crippen LogP contribution in [-0.4, -0.2) is 24.3 Å². The first-order valence-corrected chi connectivity index (χ1v) is 11.9. The zero-order chi connectivity index (χ0) is 22.9. The molecule has 0 saturated carbocycles. The van der Waals surface area contributed by atoms with E-state index in [1.54, 1.807) is 6.92 Å². The molecule has 0 aliphatic heterocycles. The number of ether oxygens (including phenoxy) is 2. The zero-order valence-electron chi connectivity index (χ0n) is 18.5. The Bertz CT molecular complexity index is 1030. The number of hydrogen-bond donors (Lipinski definition) is 2. The van der Waals surface area contributed by atoms with E-state index in [1.165, 1.54) is 16.9 Å². The topological polar surface area (TPSA) is 59.6 Å². The summed E-state index contributed by atoms with van der Waals surface area (Å²) in [4.78, 5) is 13.6. The number of hydrogen-bond acceptors (Lipinski definition) is 5. The first kappa shape index (κ1) is 23.8. The van der Waals surface area contributed by atoms with Crippen LogP contribution >= 0.6 is 23.6 Å². The highest BCUT2D eigenvalue weighted by molar-refractivity contribution is 7.80. The van der Waals surface area contributed by atoms with Crippen molar-refractivity contribution < 1.29 is 14.3 Å². The van der Waals surface area contributed by atoms with Gasteiger partial charge in [0.2, 0.25) is 0 Å². The van der Waals surface area contributed by atoms with E-state index in [2.05, 4.69) is 22.8 Å². The van der Waals surface area contributed by atoms with Gasteiger partial charge in [0, 0.05) is 11.3 Å². The lowest BCUT2D eigenvalue weighted by molar-refractivity contribution is 0.0528. The summed E-state index contributed by atoms with van der Waals surface area (Å²) in [6.45, 7) is 6.75. The van der Waals surface area contributed by atoms with E-state index in [1.807, 2.05) is 62.4 Å². The molecule has 5 nitrogen and oxygen atoms in total. The molecule has 1 aromatic heterocycles. The Kier molecular flexibility index (Phi) is 8.64. The van der Waals surface area contributed by atoms with Crippen LogP contribution in [0, 0.1) is 0 Å². The van der Waals surface area contributed by atoms with Crippen molar-refractivity contribution >= 4 is 39.6 Å². The molecule has 2 N–H and O–H groups in total. The minimum atomic E-state index is -0.354. The van der Waals surface area contributed by atoms with Gasteiger partial charge in [-0.1, -0.05) is 42.5 Å². The quantitative estimate of drug-likeness (QED) is 0.298. The summed E-state index contributed by atoms with van der Waals surface area (Å²) in [5, 5.41) is 7.62. The third-order valence-corrected chi connectivity index (χ3v) is 6.04. The number of benzene rings is 2. The van der Waals surface area contributed by atoms with E-state index < -0.39 is 0 Å². The van der Waals surface area contributed by atoms with Crippen molar-refractivity contribution in [1.29, 1.82) is 0 Å². The highest BCUT2D eigenvalue weighted by atomic mass is 32.1. The minimum Gasteiger partial charge on any atom is -0.494 e. The number of thiocarbonyl (C=S) groups is 1. The van der Waals surface area contributed by atoms with Gasteiger partial charge in [0.1, 0.15) is 10.8 Å². The summed E-state index contributed by atoms with van der Waals surface area (Å²) in [6, 6.07) is 19.9. The fraction of sp³-hybridized carbons (Fsp3) is 0.280. The van der Waals surface area contributed by atoms with Gasteiger partial charge < -0.3 is 20.1 Å². The van der Waals surface area contributed by atoms with Crippen molar-refractivity contribution in [3.63, 3.8) is 0 Å². The first-order valence-electron chi connectivity index (χ1n) is 10.6. The number of esters is 1. The lowest BCUT2D eigenvalue weighted by Crippen LogP contribution is -2.31. The van der Waals surface area contributed by atoms with Gasteiger partial charge in [0.15, 0.2) is 5.11 Å². The second-order valence-electron chi connectivity index (χ2n) is 7.16. The van der Waals surface area contributed by atoms with Crippen molar-refractivity contribution in [3.8, 4) is 5.75 Å². The lowest BCUT2D eigenvalue weighted by atomic mass is 10.1. The third-order valence-electron chi connectivity index (χ3n) is 4.77. The maximum atomic E-state index is 12.5. The highest BCUT2D eigenvalue weighted by Gasteiger charge is 2.19. The molecule has 1 atom stereocenters. The third kappa shape index (κ3) is 6.55. The van der Waals surface area contributed by atoms with Gasteiger partial charge in [-0.3, -0.25) is 0 Å². The maximum Gasteiger partial charge on any atom is 0.341 e. The molecule has 0 aliphatic carbocycles. The molecule has 1 heterocycles. The Morgan fingerprint density at radius 1 is 1.06 bits per heavy atom. The summed E-state index contributed by atoms with van der Waals surface area (Å²) in [5.74, 6) is 0.487. The molecule has 0 spiro atoms. The van der Waals surface area contributed by atoms with Crippen LogP contribution in [-0.2, 0) is 11.2 Å². The normalized spacial score (nSPS) is 11.5. The van der Waals surface area contributed by atoms with Crippen LogP contribution < -0.4 is 15.4 Å².